The Morgan fingerprint density at radius 3 is 2.48 bits per heavy atom. The molecule has 0 aliphatic carbocycles. The van der Waals surface area contributed by atoms with E-state index in [0.29, 0.717) is 18.6 Å². The van der Waals surface area contributed by atoms with Crippen molar-refractivity contribution < 1.29 is 14.6 Å². The highest BCUT2D eigenvalue weighted by Gasteiger charge is 2.35. The molecule has 1 fully saturated rings. The number of aliphatic carboxylic acids is 1. The number of carboxylic acids is 1. The first-order valence-electron chi connectivity index (χ1n) is 8.78. The smallest absolute Gasteiger partial charge is 0.303 e. The van der Waals surface area contributed by atoms with Gasteiger partial charge >= 0.3 is 5.97 Å². The number of carbonyl (C=O) groups is 1. The van der Waals surface area contributed by atoms with Gasteiger partial charge < -0.3 is 9.84 Å². The summed E-state index contributed by atoms with van der Waals surface area (Å²) in [5, 5.41) is 8.53. The normalized spacial score (nSPS) is 21.0. The van der Waals surface area contributed by atoms with Crippen LogP contribution in [-0.2, 0) is 9.53 Å². The van der Waals surface area contributed by atoms with Crippen molar-refractivity contribution in [2.45, 2.75) is 96.2 Å². The zero-order valence-electron chi connectivity index (χ0n) is 13.6. The first-order valence-corrected chi connectivity index (χ1v) is 8.78. The number of unbranched alkanes of at least 4 members (excludes halogenated alkanes) is 8. The van der Waals surface area contributed by atoms with Crippen LogP contribution in [0.5, 0.6) is 0 Å². The number of ether oxygens (including phenoxy) is 1. The molecule has 1 aliphatic rings. The molecule has 1 saturated heterocycles. The Morgan fingerprint density at radius 1 is 1.05 bits per heavy atom. The van der Waals surface area contributed by atoms with E-state index >= 15 is 0 Å². The third-order valence-electron chi connectivity index (χ3n) is 4.05. The van der Waals surface area contributed by atoms with E-state index in [2.05, 4.69) is 19.1 Å². The Balaban J connectivity index is 1.82. The molecule has 0 spiro atoms. The lowest BCUT2D eigenvalue weighted by Crippen LogP contribution is -1.94. The highest BCUT2D eigenvalue weighted by molar-refractivity contribution is 5.66. The van der Waals surface area contributed by atoms with Crippen LogP contribution in [-0.4, -0.2) is 23.3 Å². The van der Waals surface area contributed by atoms with Crippen LogP contribution in [0.3, 0.4) is 0 Å². The Morgan fingerprint density at radius 2 is 1.76 bits per heavy atom. The van der Waals surface area contributed by atoms with Crippen LogP contribution >= 0.6 is 0 Å². The lowest BCUT2D eigenvalue weighted by Gasteiger charge is -1.99. The van der Waals surface area contributed by atoms with Crippen LogP contribution < -0.4 is 0 Å². The van der Waals surface area contributed by atoms with E-state index in [1.165, 1.54) is 57.8 Å². The summed E-state index contributed by atoms with van der Waals surface area (Å²) in [5.74, 6) is -0.672. The van der Waals surface area contributed by atoms with Gasteiger partial charge in [-0.1, -0.05) is 64.0 Å². The number of epoxide rings is 1. The summed E-state index contributed by atoms with van der Waals surface area (Å²) in [5.41, 5.74) is 0. The maximum absolute atomic E-state index is 10.4. The minimum atomic E-state index is -0.672. The van der Waals surface area contributed by atoms with Crippen LogP contribution in [0.25, 0.3) is 0 Å². The van der Waals surface area contributed by atoms with Crippen LogP contribution in [0.15, 0.2) is 12.2 Å². The Bertz CT molecular complexity index is 299. The predicted octanol–water partition coefficient (Wildman–Crippen LogP) is 5.10. The van der Waals surface area contributed by atoms with Crippen LogP contribution in [0, 0.1) is 0 Å². The largest absolute Gasteiger partial charge is 0.481 e. The van der Waals surface area contributed by atoms with E-state index < -0.39 is 5.97 Å². The summed E-state index contributed by atoms with van der Waals surface area (Å²) in [7, 11) is 0. The second-order valence-corrected chi connectivity index (χ2v) is 6.12. The lowest BCUT2D eigenvalue weighted by molar-refractivity contribution is -0.137. The summed E-state index contributed by atoms with van der Waals surface area (Å²) >= 11 is 0. The number of hydrogen-bond donors (Lipinski definition) is 1. The average molecular weight is 296 g/mol. The van der Waals surface area contributed by atoms with E-state index in [1.54, 1.807) is 0 Å². The van der Waals surface area contributed by atoms with E-state index in [4.69, 9.17) is 9.84 Å². The Kier molecular flexibility index (Phi) is 10.2. The molecular formula is C18H32O3. The van der Waals surface area contributed by atoms with Crippen molar-refractivity contribution in [2.75, 3.05) is 0 Å². The van der Waals surface area contributed by atoms with Crippen LogP contribution in [0.2, 0.25) is 0 Å². The Labute approximate surface area is 129 Å². The molecule has 1 rings (SSSR count). The second kappa shape index (κ2) is 11.8. The SMILES string of the molecule is CCCCCC=CC1OC1CCCCCCCCC(=O)O. The standard InChI is InChI=1S/C18H32O3/c1-2-3-4-7-10-13-16-17(21-16)14-11-8-5-6-9-12-15-18(19)20/h10,13,16-17H,2-9,11-12,14-15H2,1H3,(H,19,20). The van der Waals surface area contributed by atoms with Crippen molar-refractivity contribution >= 4 is 5.97 Å². The van der Waals surface area contributed by atoms with Crippen molar-refractivity contribution in [1.29, 1.82) is 0 Å². The molecule has 1 aliphatic heterocycles. The van der Waals surface area contributed by atoms with E-state index in [1.807, 2.05) is 0 Å². The van der Waals surface area contributed by atoms with Crippen molar-refractivity contribution in [2.24, 2.45) is 0 Å². The third-order valence-corrected chi connectivity index (χ3v) is 4.05. The average Bonchev–Trinajstić information content (AvgIpc) is 3.20. The van der Waals surface area contributed by atoms with Gasteiger partial charge in [-0.05, 0) is 25.7 Å². The quantitative estimate of drug-likeness (QED) is 0.276. The molecule has 3 nitrogen and oxygen atoms in total. The molecule has 0 aromatic carbocycles. The Hall–Kier alpha value is -0.830. The molecule has 3 heteroatoms. The van der Waals surface area contributed by atoms with Gasteiger partial charge in [0.25, 0.3) is 0 Å². The monoisotopic (exact) mass is 296 g/mol. The number of carboxylic acid groups (broad SMARTS) is 1. The molecule has 0 bridgehead atoms. The summed E-state index contributed by atoms with van der Waals surface area (Å²) in [6, 6.07) is 0. The third kappa shape index (κ3) is 10.5. The molecule has 0 aromatic heterocycles. The molecule has 2 atom stereocenters. The zero-order chi connectivity index (χ0) is 15.3. The van der Waals surface area contributed by atoms with E-state index in [0.717, 1.165) is 12.8 Å². The molecular weight excluding hydrogens is 264 g/mol. The number of allylic oxidation sites excluding steroid dienone is 1. The molecule has 0 amide bonds. The van der Waals surface area contributed by atoms with Gasteiger partial charge in [-0.3, -0.25) is 4.79 Å². The van der Waals surface area contributed by atoms with Crippen molar-refractivity contribution in [3.8, 4) is 0 Å². The number of rotatable bonds is 14. The summed E-state index contributed by atoms with van der Waals surface area (Å²) in [6.07, 6.45) is 18.7. The molecule has 0 radical (unpaired) electrons. The highest BCUT2D eigenvalue weighted by atomic mass is 16.6. The summed E-state index contributed by atoms with van der Waals surface area (Å²) in [6.45, 7) is 2.23. The minimum Gasteiger partial charge on any atom is -0.481 e. The van der Waals surface area contributed by atoms with E-state index in [9.17, 15) is 4.79 Å². The van der Waals surface area contributed by atoms with E-state index in [-0.39, 0.29) is 0 Å². The molecule has 122 valence electrons. The molecule has 2 unspecified atom stereocenters. The van der Waals surface area contributed by atoms with Crippen LogP contribution in [0.4, 0.5) is 0 Å². The molecule has 21 heavy (non-hydrogen) atoms. The van der Waals surface area contributed by atoms with Gasteiger partial charge in [0, 0.05) is 6.42 Å². The maximum Gasteiger partial charge on any atom is 0.303 e. The predicted molar refractivity (Wildman–Crippen MR) is 86.5 cm³/mol. The maximum atomic E-state index is 10.4. The van der Waals surface area contributed by atoms with Gasteiger partial charge in [0.2, 0.25) is 0 Å². The van der Waals surface area contributed by atoms with Gasteiger partial charge in [-0.15, -0.1) is 0 Å². The fourth-order valence-corrected chi connectivity index (χ4v) is 2.63. The fourth-order valence-electron chi connectivity index (χ4n) is 2.63. The summed E-state index contributed by atoms with van der Waals surface area (Å²) in [4.78, 5) is 10.4. The van der Waals surface area contributed by atoms with Gasteiger partial charge in [0.15, 0.2) is 0 Å². The minimum absolute atomic E-state index is 0.322. The fraction of sp³-hybridized carbons (Fsp3) is 0.833. The van der Waals surface area contributed by atoms with Crippen molar-refractivity contribution in [3.63, 3.8) is 0 Å². The summed E-state index contributed by atoms with van der Waals surface area (Å²) < 4.78 is 5.64. The van der Waals surface area contributed by atoms with Crippen molar-refractivity contribution in [3.05, 3.63) is 12.2 Å². The molecule has 0 saturated carbocycles. The lowest BCUT2D eigenvalue weighted by atomic mass is 10.1. The van der Waals surface area contributed by atoms with Gasteiger partial charge in [-0.2, -0.15) is 0 Å². The van der Waals surface area contributed by atoms with Gasteiger partial charge in [0.1, 0.15) is 6.10 Å². The first-order chi connectivity index (χ1) is 10.2. The number of hydrogen-bond acceptors (Lipinski definition) is 2. The first kappa shape index (κ1) is 18.2. The topological polar surface area (TPSA) is 49.8 Å². The van der Waals surface area contributed by atoms with Crippen molar-refractivity contribution in [1.82, 2.24) is 0 Å². The van der Waals surface area contributed by atoms with Crippen LogP contribution in [0.1, 0.15) is 84.0 Å². The molecule has 1 N–H and O–H groups in total. The molecule has 0 aromatic rings. The van der Waals surface area contributed by atoms with Gasteiger partial charge in [-0.25, -0.2) is 0 Å². The zero-order valence-corrected chi connectivity index (χ0v) is 13.6. The van der Waals surface area contributed by atoms with Gasteiger partial charge in [0.05, 0.1) is 6.10 Å². The molecule has 1 heterocycles. The highest BCUT2D eigenvalue weighted by Crippen LogP contribution is 2.28. The second-order valence-electron chi connectivity index (χ2n) is 6.12.